The van der Waals surface area contributed by atoms with Gasteiger partial charge in [-0.25, -0.2) is 4.98 Å². The van der Waals surface area contributed by atoms with E-state index in [9.17, 15) is 4.79 Å². The molecular weight excluding hydrogens is 340 g/mol. The van der Waals surface area contributed by atoms with Gasteiger partial charge in [-0.1, -0.05) is 0 Å². The lowest BCUT2D eigenvalue weighted by Crippen LogP contribution is -2.29. The minimum absolute atomic E-state index is 0.235. The van der Waals surface area contributed by atoms with Crippen molar-refractivity contribution in [2.75, 3.05) is 19.7 Å². The summed E-state index contributed by atoms with van der Waals surface area (Å²) in [6.45, 7) is 4.31. The predicted octanol–water partition coefficient (Wildman–Crippen LogP) is 3.10. The third kappa shape index (κ3) is 3.99. The number of carbonyl (C=O) groups excluding carboxylic acids is 1. The molecule has 1 aliphatic carbocycles. The van der Waals surface area contributed by atoms with Gasteiger partial charge in [-0.15, -0.1) is 0 Å². The molecule has 0 N–H and O–H groups in total. The molecule has 1 amide bonds. The Labute approximate surface area is 160 Å². The number of carbonyl (C=O) groups is 1. The molecular formula is C21H28N4O2. The van der Waals surface area contributed by atoms with E-state index in [4.69, 9.17) is 9.72 Å². The van der Waals surface area contributed by atoms with Crippen molar-refractivity contribution in [3.05, 3.63) is 41.7 Å². The van der Waals surface area contributed by atoms with Gasteiger partial charge in [-0.05, 0) is 57.6 Å². The number of fused-ring (bicyclic) bond motifs is 1. The zero-order valence-corrected chi connectivity index (χ0v) is 16.1. The van der Waals surface area contributed by atoms with Crippen molar-refractivity contribution in [3.8, 4) is 5.75 Å². The number of rotatable bonds is 6. The van der Waals surface area contributed by atoms with Crippen LogP contribution < -0.4 is 4.74 Å². The van der Waals surface area contributed by atoms with Crippen molar-refractivity contribution in [1.29, 1.82) is 0 Å². The molecule has 1 unspecified atom stereocenters. The first-order chi connectivity index (χ1) is 13.2. The molecule has 2 aromatic heterocycles. The molecule has 144 valence electrons. The van der Waals surface area contributed by atoms with Crippen molar-refractivity contribution < 1.29 is 9.53 Å². The van der Waals surface area contributed by atoms with E-state index >= 15 is 0 Å². The van der Waals surface area contributed by atoms with Crippen molar-refractivity contribution in [2.45, 2.75) is 57.9 Å². The molecule has 6 heteroatoms. The topological polar surface area (TPSA) is 60.2 Å². The maximum Gasteiger partial charge on any atom is 0.222 e. The Balaban J connectivity index is 1.28. The number of imidazole rings is 1. The number of ether oxygens (including phenoxy) is 1. The number of likely N-dealkylation sites (tertiary alicyclic amines) is 1. The monoisotopic (exact) mass is 368 g/mol. The van der Waals surface area contributed by atoms with Crippen molar-refractivity contribution in [2.24, 2.45) is 0 Å². The summed E-state index contributed by atoms with van der Waals surface area (Å²) in [4.78, 5) is 23.4. The third-order valence-corrected chi connectivity index (χ3v) is 5.67. The van der Waals surface area contributed by atoms with E-state index in [1.54, 1.807) is 12.4 Å². The predicted molar refractivity (Wildman–Crippen MR) is 103 cm³/mol. The fourth-order valence-electron chi connectivity index (χ4n) is 4.37. The average molecular weight is 368 g/mol. The molecule has 4 rings (SSSR count). The molecule has 1 atom stereocenters. The molecule has 0 saturated carbocycles. The van der Waals surface area contributed by atoms with Gasteiger partial charge in [0.05, 0.1) is 24.5 Å². The van der Waals surface area contributed by atoms with E-state index in [2.05, 4.69) is 16.5 Å². The zero-order valence-electron chi connectivity index (χ0n) is 16.1. The molecule has 0 aromatic carbocycles. The van der Waals surface area contributed by atoms with Crippen LogP contribution in [0.5, 0.6) is 5.75 Å². The molecule has 27 heavy (non-hydrogen) atoms. The molecule has 2 aromatic rings. The molecule has 2 aliphatic rings. The van der Waals surface area contributed by atoms with Crippen molar-refractivity contribution in [1.82, 2.24) is 19.4 Å². The van der Waals surface area contributed by atoms with Crippen LogP contribution in [0.4, 0.5) is 0 Å². The van der Waals surface area contributed by atoms with Crippen LogP contribution in [0.15, 0.2) is 24.5 Å². The largest absolute Gasteiger partial charge is 0.492 e. The Morgan fingerprint density at radius 1 is 1.33 bits per heavy atom. The molecule has 0 radical (unpaired) electrons. The van der Waals surface area contributed by atoms with Crippen LogP contribution in [0.3, 0.4) is 0 Å². The molecule has 0 bridgehead atoms. The van der Waals surface area contributed by atoms with E-state index < -0.39 is 0 Å². The van der Waals surface area contributed by atoms with Gasteiger partial charge < -0.3 is 14.2 Å². The minimum atomic E-state index is 0.235. The summed E-state index contributed by atoms with van der Waals surface area (Å²) in [7, 11) is 0. The number of hydrogen-bond acceptors (Lipinski definition) is 4. The van der Waals surface area contributed by atoms with Crippen LogP contribution in [-0.2, 0) is 17.6 Å². The van der Waals surface area contributed by atoms with E-state index in [1.165, 1.54) is 24.2 Å². The summed E-state index contributed by atoms with van der Waals surface area (Å²) in [6.07, 6.45) is 10.5. The van der Waals surface area contributed by atoms with Crippen LogP contribution in [0.25, 0.3) is 0 Å². The van der Waals surface area contributed by atoms with Crippen molar-refractivity contribution in [3.63, 3.8) is 0 Å². The van der Waals surface area contributed by atoms with E-state index in [0.717, 1.165) is 50.3 Å². The first-order valence-electron chi connectivity index (χ1n) is 10.1. The first kappa shape index (κ1) is 18.0. The maximum atomic E-state index is 12.6. The standard InChI is InChI=1S/C21H28N4O2/c1-16-23-19-7-2-3-8-20(19)25(16)17-10-12-24(15-17)21(26)9-5-13-27-18-6-4-11-22-14-18/h4,6,11,14,17H,2-3,5,7-10,12-13,15H2,1H3. The molecule has 1 saturated heterocycles. The summed E-state index contributed by atoms with van der Waals surface area (Å²) in [5.41, 5.74) is 2.71. The first-order valence-corrected chi connectivity index (χ1v) is 10.1. The summed E-state index contributed by atoms with van der Waals surface area (Å²) >= 11 is 0. The second-order valence-electron chi connectivity index (χ2n) is 7.55. The van der Waals surface area contributed by atoms with Gasteiger partial charge in [0, 0.05) is 31.4 Å². The summed E-state index contributed by atoms with van der Waals surface area (Å²) < 4.78 is 8.06. The fraction of sp³-hybridized carbons (Fsp3) is 0.571. The lowest BCUT2D eigenvalue weighted by atomic mass is 10.0. The lowest BCUT2D eigenvalue weighted by molar-refractivity contribution is -0.130. The minimum Gasteiger partial charge on any atom is -0.492 e. The number of pyridine rings is 1. The van der Waals surface area contributed by atoms with Crippen LogP contribution in [-0.4, -0.2) is 45.0 Å². The number of nitrogens with zero attached hydrogens (tertiary/aromatic N) is 4. The molecule has 1 aliphatic heterocycles. The fourth-order valence-corrected chi connectivity index (χ4v) is 4.37. The van der Waals surface area contributed by atoms with Gasteiger partial charge in [0.25, 0.3) is 0 Å². The number of aromatic nitrogens is 3. The van der Waals surface area contributed by atoms with Crippen LogP contribution in [0.1, 0.15) is 55.4 Å². The van der Waals surface area contributed by atoms with Crippen molar-refractivity contribution >= 4 is 5.91 Å². The van der Waals surface area contributed by atoms with Gasteiger partial charge >= 0.3 is 0 Å². The third-order valence-electron chi connectivity index (χ3n) is 5.67. The summed E-state index contributed by atoms with van der Waals surface area (Å²) in [5, 5.41) is 0. The molecule has 6 nitrogen and oxygen atoms in total. The second kappa shape index (κ2) is 8.11. The molecule has 3 heterocycles. The Morgan fingerprint density at radius 3 is 3.07 bits per heavy atom. The maximum absolute atomic E-state index is 12.6. The normalized spacial score (nSPS) is 19.1. The summed E-state index contributed by atoms with van der Waals surface area (Å²) in [6, 6.07) is 4.12. The highest BCUT2D eigenvalue weighted by Gasteiger charge is 2.30. The summed E-state index contributed by atoms with van der Waals surface area (Å²) in [5.74, 6) is 2.11. The average Bonchev–Trinajstić information content (AvgIpc) is 3.29. The smallest absolute Gasteiger partial charge is 0.222 e. The Kier molecular flexibility index (Phi) is 5.41. The number of hydrogen-bond donors (Lipinski definition) is 0. The van der Waals surface area contributed by atoms with Gasteiger partial charge in [-0.2, -0.15) is 0 Å². The van der Waals surface area contributed by atoms with E-state index in [0.29, 0.717) is 19.1 Å². The highest BCUT2D eigenvalue weighted by molar-refractivity contribution is 5.76. The van der Waals surface area contributed by atoms with Gasteiger partial charge in [0.1, 0.15) is 11.6 Å². The quantitative estimate of drug-likeness (QED) is 0.735. The van der Waals surface area contributed by atoms with Crippen LogP contribution in [0.2, 0.25) is 0 Å². The SMILES string of the molecule is Cc1nc2c(n1C1CCN(C(=O)CCCOc3cccnc3)C1)CCCC2. The molecule has 1 fully saturated rings. The second-order valence-corrected chi connectivity index (χ2v) is 7.55. The van der Waals surface area contributed by atoms with Crippen LogP contribution in [0, 0.1) is 6.92 Å². The van der Waals surface area contributed by atoms with Crippen LogP contribution >= 0.6 is 0 Å². The molecule has 0 spiro atoms. The van der Waals surface area contributed by atoms with Gasteiger partial charge in [0.15, 0.2) is 0 Å². The lowest BCUT2D eigenvalue weighted by Gasteiger charge is -2.21. The Morgan fingerprint density at radius 2 is 2.22 bits per heavy atom. The van der Waals surface area contributed by atoms with E-state index in [1.807, 2.05) is 17.0 Å². The Bertz CT molecular complexity index is 787. The Hall–Kier alpha value is -2.37. The highest BCUT2D eigenvalue weighted by Crippen LogP contribution is 2.30. The highest BCUT2D eigenvalue weighted by atomic mass is 16.5. The van der Waals surface area contributed by atoms with Gasteiger partial charge in [-0.3, -0.25) is 9.78 Å². The van der Waals surface area contributed by atoms with E-state index in [-0.39, 0.29) is 5.91 Å². The van der Waals surface area contributed by atoms with Gasteiger partial charge in [0.2, 0.25) is 5.91 Å². The number of aryl methyl sites for hydroxylation is 2. The number of amides is 1. The zero-order chi connectivity index (χ0) is 18.6.